The molecule has 1 aromatic rings. The van der Waals surface area contributed by atoms with E-state index in [4.69, 9.17) is 0 Å². The van der Waals surface area contributed by atoms with Crippen molar-refractivity contribution in [1.29, 1.82) is 0 Å². The largest absolute Gasteiger partial charge is 0.301 e. The van der Waals surface area contributed by atoms with E-state index in [1.807, 2.05) is 19.3 Å². The summed E-state index contributed by atoms with van der Waals surface area (Å²) in [6.45, 7) is 0. The van der Waals surface area contributed by atoms with Crippen LogP contribution in [0.3, 0.4) is 0 Å². The quantitative estimate of drug-likeness (QED) is 0.850. The normalized spacial score (nSPS) is 24.6. The average Bonchev–Trinajstić information content (AvgIpc) is 2.98. The Kier molecular flexibility index (Phi) is 3.91. The van der Waals surface area contributed by atoms with Gasteiger partial charge in [-0.25, -0.2) is 0 Å². The molecular weight excluding hydrogens is 272 g/mol. The molecule has 1 saturated heterocycles. The molecular formula is C14H18N4OS. The van der Waals surface area contributed by atoms with Gasteiger partial charge in [0.15, 0.2) is 5.17 Å². The number of hydrogen-bond acceptors (Lipinski definition) is 4. The van der Waals surface area contributed by atoms with Crippen LogP contribution in [0.15, 0.2) is 22.3 Å². The molecule has 0 aromatic carbocycles. The van der Waals surface area contributed by atoms with Gasteiger partial charge >= 0.3 is 0 Å². The van der Waals surface area contributed by atoms with Crippen molar-refractivity contribution in [3.8, 4) is 0 Å². The molecule has 6 heteroatoms. The zero-order chi connectivity index (χ0) is 13.9. The number of nitrogens with zero attached hydrogens (tertiary/aromatic N) is 3. The summed E-state index contributed by atoms with van der Waals surface area (Å²) in [7, 11) is 1.86. The van der Waals surface area contributed by atoms with Crippen LogP contribution >= 0.6 is 11.8 Å². The summed E-state index contributed by atoms with van der Waals surface area (Å²) in [5, 5.41) is 7.70. The van der Waals surface area contributed by atoms with Crippen LogP contribution in [0, 0.1) is 0 Å². The second-order valence-corrected chi connectivity index (χ2v) is 6.27. The van der Waals surface area contributed by atoms with E-state index < -0.39 is 0 Å². The van der Waals surface area contributed by atoms with Crippen LogP contribution < -0.4 is 5.32 Å². The molecule has 2 heterocycles. The number of aryl methyl sites for hydroxylation is 1. The van der Waals surface area contributed by atoms with Gasteiger partial charge in [0.05, 0.1) is 17.1 Å². The van der Waals surface area contributed by atoms with Crippen molar-refractivity contribution in [3.63, 3.8) is 0 Å². The smallest absolute Gasteiger partial charge is 0.264 e. The van der Waals surface area contributed by atoms with Crippen LogP contribution in [0.4, 0.5) is 0 Å². The number of nitrogens with one attached hydrogen (secondary N) is 1. The molecule has 1 aliphatic heterocycles. The average molecular weight is 290 g/mol. The first-order chi connectivity index (χ1) is 9.70. The summed E-state index contributed by atoms with van der Waals surface area (Å²) < 4.78 is 1.72. The van der Waals surface area contributed by atoms with E-state index in [0.29, 0.717) is 10.9 Å². The fourth-order valence-electron chi connectivity index (χ4n) is 2.53. The molecule has 0 unspecified atom stereocenters. The first-order valence-electron chi connectivity index (χ1n) is 6.98. The van der Waals surface area contributed by atoms with Crippen LogP contribution in [0.1, 0.15) is 37.7 Å². The first kappa shape index (κ1) is 13.4. The number of aromatic nitrogens is 2. The minimum Gasteiger partial charge on any atom is -0.301 e. The third-order valence-corrected chi connectivity index (χ3v) is 4.47. The minimum absolute atomic E-state index is 0.0617. The molecule has 3 rings (SSSR count). The lowest BCUT2D eigenvalue weighted by molar-refractivity contribution is -0.115. The number of amidine groups is 1. The summed E-state index contributed by atoms with van der Waals surface area (Å²) in [6.07, 6.45) is 11.6. The Bertz CT molecular complexity index is 569. The molecule has 0 bridgehead atoms. The number of hydrogen-bond donors (Lipinski definition) is 1. The lowest BCUT2D eigenvalue weighted by atomic mass is 9.96. The molecule has 5 nitrogen and oxygen atoms in total. The second kappa shape index (κ2) is 5.83. The molecule has 0 spiro atoms. The summed E-state index contributed by atoms with van der Waals surface area (Å²) in [5.41, 5.74) is 0.934. The summed E-state index contributed by atoms with van der Waals surface area (Å²) in [6, 6.07) is 0.379. The van der Waals surface area contributed by atoms with Crippen molar-refractivity contribution < 1.29 is 4.79 Å². The lowest BCUT2D eigenvalue weighted by Gasteiger charge is -2.17. The number of aliphatic imine (C=N–C) groups is 1. The van der Waals surface area contributed by atoms with Crippen LogP contribution in [0.5, 0.6) is 0 Å². The van der Waals surface area contributed by atoms with Crippen LogP contribution in [0.2, 0.25) is 0 Å². The molecule has 2 fully saturated rings. The molecule has 1 N–H and O–H groups in total. The van der Waals surface area contributed by atoms with E-state index in [1.54, 1.807) is 10.9 Å². The van der Waals surface area contributed by atoms with Crippen molar-refractivity contribution in [3.05, 3.63) is 22.9 Å². The van der Waals surface area contributed by atoms with Crippen LogP contribution in [-0.2, 0) is 11.8 Å². The fraction of sp³-hybridized carbons (Fsp3) is 0.500. The van der Waals surface area contributed by atoms with Gasteiger partial charge < -0.3 is 5.32 Å². The molecule has 0 atom stereocenters. The fourth-order valence-corrected chi connectivity index (χ4v) is 3.42. The van der Waals surface area contributed by atoms with Gasteiger partial charge in [-0.15, -0.1) is 0 Å². The van der Waals surface area contributed by atoms with Gasteiger partial charge in [-0.1, -0.05) is 19.3 Å². The van der Waals surface area contributed by atoms with Crippen LogP contribution in [-0.4, -0.2) is 26.9 Å². The zero-order valence-electron chi connectivity index (χ0n) is 11.5. The summed E-state index contributed by atoms with van der Waals surface area (Å²) in [4.78, 5) is 17.3. The Hall–Kier alpha value is -1.56. The second-order valence-electron chi connectivity index (χ2n) is 5.24. The van der Waals surface area contributed by atoms with Gasteiger partial charge in [0.1, 0.15) is 0 Å². The van der Waals surface area contributed by atoms with E-state index in [1.165, 1.54) is 31.0 Å². The lowest BCUT2D eigenvalue weighted by Crippen LogP contribution is -2.22. The van der Waals surface area contributed by atoms with Crippen LogP contribution in [0.25, 0.3) is 6.08 Å². The predicted molar refractivity (Wildman–Crippen MR) is 81.2 cm³/mol. The monoisotopic (exact) mass is 290 g/mol. The molecule has 1 aromatic heterocycles. The maximum absolute atomic E-state index is 11.9. The van der Waals surface area contributed by atoms with Gasteiger partial charge in [0, 0.05) is 18.8 Å². The van der Waals surface area contributed by atoms with Gasteiger partial charge in [0.2, 0.25) is 0 Å². The maximum atomic E-state index is 11.9. The first-order valence-corrected chi connectivity index (χ1v) is 7.80. The summed E-state index contributed by atoms with van der Waals surface area (Å²) >= 11 is 1.43. The highest BCUT2D eigenvalue weighted by atomic mass is 32.2. The topological polar surface area (TPSA) is 59.3 Å². The number of amides is 1. The van der Waals surface area contributed by atoms with Gasteiger partial charge in [-0.3, -0.25) is 14.5 Å². The third kappa shape index (κ3) is 3.12. The third-order valence-electron chi connectivity index (χ3n) is 3.55. The SMILES string of the molecule is Cn1cc(C=C2SC(=NC3CCCCC3)NC2=O)cn1. The van der Waals surface area contributed by atoms with Crippen molar-refractivity contribution >= 4 is 28.9 Å². The van der Waals surface area contributed by atoms with E-state index in [0.717, 1.165) is 23.6 Å². The van der Waals surface area contributed by atoms with E-state index >= 15 is 0 Å². The highest BCUT2D eigenvalue weighted by Crippen LogP contribution is 2.28. The van der Waals surface area contributed by atoms with E-state index in [2.05, 4.69) is 15.4 Å². The Labute approximate surface area is 122 Å². The predicted octanol–water partition coefficient (Wildman–Crippen LogP) is 2.31. The molecule has 2 aliphatic rings. The Morgan fingerprint density at radius 2 is 2.25 bits per heavy atom. The molecule has 1 amide bonds. The van der Waals surface area contributed by atoms with Gasteiger partial charge in [0.25, 0.3) is 5.91 Å². The van der Waals surface area contributed by atoms with Crippen molar-refractivity contribution in [2.45, 2.75) is 38.1 Å². The Morgan fingerprint density at radius 3 is 2.95 bits per heavy atom. The van der Waals surface area contributed by atoms with Crippen molar-refractivity contribution in [1.82, 2.24) is 15.1 Å². The minimum atomic E-state index is -0.0617. The van der Waals surface area contributed by atoms with Crippen molar-refractivity contribution in [2.75, 3.05) is 0 Å². The van der Waals surface area contributed by atoms with Gasteiger partial charge in [-0.05, 0) is 30.7 Å². The number of carbonyl (C=O) groups excluding carboxylic acids is 1. The standard InChI is InChI=1S/C14H18N4OS/c1-18-9-10(8-15-18)7-12-13(19)17-14(20-12)16-11-5-3-2-4-6-11/h7-9,11H,2-6H2,1H3,(H,16,17,19). The highest BCUT2D eigenvalue weighted by molar-refractivity contribution is 8.18. The maximum Gasteiger partial charge on any atom is 0.264 e. The number of carbonyl (C=O) groups is 1. The molecule has 0 radical (unpaired) electrons. The Morgan fingerprint density at radius 1 is 1.45 bits per heavy atom. The Balaban J connectivity index is 1.71. The van der Waals surface area contributed by atoms with E-state index in [9.17, 15) is 4.79 Å². The zero-order valence-corrected chi connectivity index (χ0v) is 12.3. The molecule has 1 aliphatic carbocycles. The molecule has 1 saturated carbocycles. The summed E-state index contributed by atoms with van der Waals surface area (Å²) in [5.74, 6) is -0.0617. The highest BCUT2D eigenvalue weighted by Gasteiger charge is 2.25. The number of rotatable bonds is 2. The van der Waals surface area contributed by atoms with E-state index in [-0.39, 0.29) is 5.91 Å². The van der Waals surface area contributed by atoms with Crippen molar-refractivity contribution in [2.24, 2.45) is 12.0 Å². The number of thioether (sulfide) groups is 1. The molecule has 20 heavy (non-hydrogen) atoms. The molecule has 106 valence electrons. The van der Waals surface area contributed by atoms with Gasteiger partial charge in [-0.2, -0.15) is 5.10 Å².